The predicted molar refractivity (Wildman–Crippen MR) is 114 cm³/mol. The SMILES string of the molecule is Cc1ccc(N2C(=O)C(=Cc3ccc(N4CCOCC4)o3)C(=O)N(C)C2=S)cc1. The van der Waals surface area contributed by atoms with Crippen LogP contribution in [-0.4, -0.2) is 55.2 Å². The van der Waals surface area contributed by atoms with E-state index >= 15 is 0 Å². The first-order valence-corrected chi connectivity index (χ1v) is 9.74. The number of aryl methyl sites for hydroxylation is 1. The normalized spacial score (nSPS) is 19.4. The van der Waals surface area contributed by atoms with E-state index in [1.54, 1.807) is 13.1 Å². The maximum absolute atomic E-state index is 13.1. The number of ether oxygens (including phenoxy) is 1. The number of benzene rings is 1. The molecule has 8 heteroatoms. The Hall–Kier alpha value is -2.97. The lowest BCUT2D eigenvalue weighted by Crippen LogP contribution is -2.54. The first-order chi connectivity index (χ1) is 14.0. The quantitative estimate of drug-likeness (QED) is 0.439. The molecular weight excluding hydrogens is 390 g/mol. The summed E-state index contributed by atoms with van der Waals surface area (Å²) in [6.45, 7) is 4.72. The van der Waals surface area contributed by atoms with Gasteiger partial charge in [0, 0.05) is 26.2 Å². The van der Waals surface area contributed by atoms with E-state index in [-0.39, 0.29) is 10.7 Å². The first kappa shape index (κ1) is 19.4. The zero-order valence-corrected chi connectivity index (χ0v) is 17.1. The molecule has 1 aromatic carbocycles. The molecular formula is C21H21N3O4S. The highest BCUT2D eigenvalue weighted by Gasteiger charge is 2.38. The lowest BCUT2D eigenvalue weighted by molar-refractivity contribution is -0.127. The molecule has 2 amide bonds. The molecule has 2 aliphatic rings. The first-order valence-electron chi connectivity index (χ1n) is 9.33. The standard InChI is InChI=1S/C21H21N3O4S/c1-14-3-5-15(6-4-14)24-20(26)17(19(25)22(2)21(24)29)13-16-7-8-18(28-16)23-9-11-27-12-10-23/h3-8,13H,9-12H2,1-2H3. The van der Waals surface area contributed by atoms with Crippen molar-refractivity contribution in [2.24, 2.45) is 0 Å². The second-order valence-corrected chi connectivity index (χ2v) is 7.32. The van der Waals surface area contributed by atoms with Crippen LogP contribution in [-0.2, 0) is 14.3 Å². The molecule has 2 aliphatic heterocycles. The molecule has 0 bridgehead atoms. The summed E-state index contributed by atoms with van der Waals surface area (Å²) in [5.41, 5.74) is 1.68. The van der Waals surface area contributed by atoms with Gasteiger partial charge in [0.1, 0.15) is 11.3 Å². The van der Waals surface area contributed by atoms with E-state index in [1.165, 1.54) is 15.9 Å². The molecule has 3 heterocycles. The average Bonchev–Trinajstić information content (AvgIpc) is 3.21. The number of rotatable bonds is 3. The van der Waals surface area contributed by atoms with Crippen molar-refractivity contribution in [1.29, 1.82) is 0 Å². The number of carbonyl (C=O) groups excluding carboxylic acids is 2. The Morgan fingerprint density at radius 2 is 1.69 bits per heavy atom. The lowest BCUT2D eigenvalue weighted by atomic mass is 10.1. The number of hydrogen-bond acceptors (Lipinski definition) is 6. The van der Waals surface area contributed by atoms with Gasteiger partial charge in [-0.15, -0.1) is 0 Å². The van der Waals surface area contributed by atoms with E-state index in [9.17, 15) is 9.59 Å². The second-order valence-electron chi connectivity index (χ2n) is 6.96. The average molecular weight is 411 g/mol. The van der Waals surface area contributed by atoms with Crippen LogP contribution >= 0.6 is 12.2 Å². The fourth-order valence-electron chi connectivity index (χ4n) is 3.28. The number of amides is 2. The minimum atomic E-state index is -0.466. The van der Waals surface area contributed by atoms with Gasteiger partial charge in [0.2, 0.25) is 0 Å². The van der Waals surface area contributed by atoms with Gasteiger partial charge in [-0.3, -0.25) is 19.4 Å². The molecule has 29 heavy (non-hydrogen) atoms. The van der Waals surface area contributed by atoms with Crippen LogP contribution in [0.1, 0.15) is 11.3 Å². The molecule has 0 atom stereocenters. The van der Waals surface area contributed by atoms with Crippen LogP contribution in [0, 0.1) is 6.92 Å². The summed E-state index contributed by atoms with van der Waals surface area (Å²) >= 11 is 5.37. The van der Waals surface area contributed by atoms with Crippen LogP contribution in [0.15, 0.2) is 46.4 Å². The minimum Gasteiger partial charge on any atom is -0.441 e. The minimum absolute atomic E-state index is 0.00422. The van der Waals surface area contributed by atoms with Crippen LogP contribution in [0.2, 0.25) is 0 Å². The fraction of sp³-hybridized carbons (Fsp3) is 0.286. The largest absolute Gasteiger partial charge is 0.441 e. The van der Waals surface area contributed by atoms with E-state index in [1.807, 2.05) is 37.3 Å². The van der Waals surface area contributed by atoms with Crippen molar-refractivity contribution in [2.75, 3.05) is 43.2 Å². The Labute approximate surface area is 174 Å². The number of thiocarbonyl (C=S) groups is 1. The molecule has 7 nitrogen and oxygen atoms in total. The summed E-state index contributed by atoms with van der Waals surface area (Å²) in [7, 11) is 1.56. The molecule has 1 aromatic heterocycles. The zero-order valence-electron chi connectivity index (χ0n) is 16.3. The van der Waals surface area contributed by atoms with Gasteiger partial charge in [-0.1, -0.05) is 17.7 Å². The van der Waals surface area contributed by atoms with Gasteiger partial charge in [-0.2, -0.15) is 0 Å². The number of morpholine rings is 1. The van der Waals surface area contributed by atoms with E-state index in [0.29, 0.717) is 30.5 Å². The van der Waals surface area contributed by atoms with Crippen molar-refractivity contribution in [1.82, 2.24) is 4.90 Å². The molecule has 2 aromatic rings. The third kappa shape index (κ3) is 3.68. The van der Waals surface area contributed by atoms with Crippen LogP contribution < -0.4 is 9.80 Å². The second kappa shape index (κ2) is 7.81. The van der Waals surface area contributed by atoms with Crippen LogP contribution in [0.25, 0.3) is 6.08 Å². The molecule has 2 saturated heterocycles. The molecule has 4 rings (SSSR count). The molecule has 0 aliphatic carbocycles. The number of anilines is 2. The van der Waals surface area contributed by atoms with Crippen molar-refractivity contribution < 1.29 is 18.7 Å². The van der Waals surface area contributed by atoms with Crippen LogP contribution in [0.4, 0.5) is 11.6 Å². The zero-order chi connectivity index (χ0) is 20.5. The monoisotopic (exact) mass is 411 g/mol. The van der Waals surface area contributed by atoms with Gasteiger partial charge in [-0.05, 0) is 43.4 Å². The van der Waals surface area contributed by atoms with Crippen LogP contribution in [0.5, 0.6) is 0 Å². The maximum Gasteiger partial charge on any atom is 0.270 e. The van der Waals surface area contributed by atoms with Gasteiger partial charge in [-0.25, -0.2) is 0 Å². The molecule has 2 fully saturated rings. The maximum atomic E-state index is 13.1. The smallest absolute Gasteiger partial charge is 0.270 e. The number of nitrogens with zero attached hydrogens (tertiary/aromatic N) is 3. The van der Waals surface area contributed by atoms with Gasteiger partial charge >= 0.3 is 0 Å². The lowest BCUT2D eigenvalue weighted by Gasteiger charge is -2.34. The Balaban J connectivity index is 1.65. The Morgan fingerprint density at radius 1 is 1.00 bits per heavy atom. The molecule has 0 saturated carbocycles. The Kier molecular flexibility index (Phi) is 5.21. The predicted octanol–water partition coefficient (Wildman–Crippen LogP) is 2.60. The summed E-state index contributed by atoms with van der Waals surface area (Å²) in [6, 6.07) is 11.0. The van der Waals surface area contributed by atoms with Crippen molar-refractivity contribution in [3.05, 3.63) is 53.3 Å². The number of carbonyl (C=O) groups is 2. The highest BCUT2D eigenvalue weighted by Crippen LogP contribution is 2.27. The highest BCUT2D eigenvalue weighted by molar-refractivity contribution is 7.80. The number of likely N-dealkylation sites (N-methyl/N-ethyl adjacent to an activating group) is 1. The van der Waals surface area contributed by atoms with Crippen molar-refractivity contribution in [3.8, 4) is 0 Å². The molecule has 0 radical (unpaired) electrons. The van der Waals surface area contributed by atoms with Gasteiger partial charge < -0.3 is 14.1 Å². The Bertz CT molecular complexity index is 990. The van der Waals surface area contributed by atoms with Gasteiger partial charge in [0.05, 0.1) is 18.9 Å². The van der Waals surface area contributed by atoms with Crippen molar-refractivity contribution in [3.63, 3.8) is 0 Å². The van der Waals surface area contributed by atoms with E-state index in [4.69, 9.17) is 21.4 Å². The number of hydrogen-bond donors (Lipinski definition) is 0. The van der Waals surface area contributed by atoms with Gasteiger partial charge in [0.15, 0.2) is 11.0 Å². The summed E-state index contributed by atoms with van der Waals surface area (Å²) in [5, 5.41) is 0.148. The highest BCUT2D eigenvalue weighted by atomic mass is 32.1. The summed E-state index contributed by atoms with van der Waals surface area (Å²) in [6.07, 6.45) is 1.48. The molecule has 0 N–H and O–H groups in total. The Morgan fingerprint density at radius 3 is 2.38 bits per heavy atom. The summed E-state index contributed by atoms with van der Waals surface area (Å²) < 4.78 is 11.2. The van der Waals surface area contributed by atoms with Gasteiger partial charge in [0.25, 0.3) is 11.8 Å². The summed E-state index contributed by atoms with van der Waals surface area (Å²) in [4.78, 5) is 30.6. The van der Waals surface area contributed by atoms with Crippen molar-refractivity contribution in [2.45, 2.75) is 6.92 Å². The third-order valence-electron chi connectivity index (χ3n) is 4.96. The van der Waals surface area contributed by atoms with E-state index < -0.39 is 11.8 Å². The summed E-state index contributed by atoms with van der Waals surface area (Å²) in [5.74, 6) is 0.211. The third-order valence-corrected chi connectivity index (χ3v) is 5.42. The number of furan rings is 1. The molecule has 150 valence electrons. The van der Waals surface area contributed by atoms with E-state index in [0.717, 1.165) is 18.7 Å². The van der Waals surface area contributed by atoms with Crippen LogP contribution in [0.3, 0.4) is 0 Å². The van der Waals surface area contributed by atoms with E-state index in [2.05, 4.69) is 4.90 Å². The van der Waals surface area contributed by atoms with Crippen molar-refractivity contribution >= 4 is 46.8 Å². The molecule has 0 spiro atoms. The molecule has 0 unspecified atom stereocenters. The topological polar surface area (TPSA) is 66.2 Å². The fourth-order valence-corrected chi connectivity index (χ4v) is 3.55.